The van der Waals surface area contributed by atoms with Gasteiger partial charge in [0.05, 0.1) is 0 Å². The Bertz CT molecular complexity index is 169. The lowest BCUT2D eigenvalue weighted by atomic mass is 9.78. The van der Waals surface area contributed by atoms with E-state index < -0.39 is 0 Å². The van der Waals surface area contributed by atoms with Gasteiger partial charge in [0.15, 0.2) is 0 Å². The Kier molecular flexibility index (Phi) is 1.23. The van der Waals surface area contributed by atoms with Crippen LogP contribution in [0.5, 0.6) is 0 Å². The molecule has 3 unspecified atom stereocenters. The monoisotopic (exact) mass is 142 g/mol. The summed E-state index contributed by atoms with van der Waals surface area (Å²) in [5, 5.41) is 0. The van der Waals surface area contributed by atoms with Gasteiger partial charge < -0.3 is 0 Å². The van der Waals surface area contributed by atoms with Crippen LogP contribution >= 0.6 is 10.5 Å². The summed E-state index contributed by atoms with van der Waals surface area (Å²) < 4.78 is 0. The first-order valence-corrected chi connectivity index (χ1v) is 5.57. The fourth-order valence-electron chi connectivity index (χ4n) is 2.08. The van der Waals surface area contributed by atoms with Crippen LogP contribution in [0.15, 0.2) is 0 Å². The fourth-order valence-corrected chi connectivity index (χ4v) is 4.65. The maximum atomic E-state index is 2.42. The molecule has 1 aliphatic carbocycles. The van der Waals surface area contributed by atoms with E-state index in [1.165, 1.54) is 18.6 Å². The molecule has 3 atom stereocenters. The number of fused-ring (bicyclic) bond motifs is 1. The van der Waals surface area contributed by atoms with Crippen molar-refractivity contribution >= 4 is 15.3 Å². The summed E-state index contributed by atoms with van der Waals surface area (Å²) in [6.45, 7) is 2.42. The van der Waals surface area contributed by atoms with Crippen LogP contribution in [-0.4, -0.2) is 16.9 Å². The highest BCUT2D eigenvalue weighted by Gasteiger charge is 2.35. The predicted octanol–water partition coefficient (Wildman–Crippen LogP) is 2.12. The fraction of sp³-hybridized carbons (Fsp3) is 0.875. The van der Waals surface area contributed by atoms with Crippen molar-refractivity contribution in [1.29, 1.82) is 0 Å². The third kappa shape index (κ3) is 0.706. The molecule has 1 saturated carbocycles. The molecule has 0 spiro atoms. The van der Waals surface area contributed by atoms with Crippen LogP contribution in [0, 0.1) is 11.8 Å². The van der Waals surface area contributed by atoms with Crippen LogP contribution in [0.3, 0.4) is 0 Å². The summed E-state index contributed by atoms with van der Waals surface area (Å²) in [7, 11) is 0.726. The van der Waals surface area contributed by atoms with Crippen LogP contribution in [0.2, 0.25) is 0 Å². The van der Waals surface area contributed by atoms with E-state index in [2.05, 4.69) is 13.2 Å². The molecular formula is C8H14S. The second-order valence-electron chi connectivity index (χ2n) is 3.39. The van der Waals surface area contributed by atoms with Crippen molar-refractivity contribution in [3.8, 4) is 0 Å². The van der Waals surface area contributed by atoms with E-state index in [0.717, 1.165) is 22.3 Å². The lowest BCUT2D eigenvalue weighted by Gasteiger charge is -2.28. The molecule has 9 heavy (non-hydrogen) atoms. The molecule has 0 aromatic carbocycles. The minimum atomic E-state index is 0.726. The van der Waals surface area contributed by atoms with Crippen molar-refractivity contribution in [2.75, 3.05) is 12.0 Å². The maximum absolute atomic E-state index is 2.42. The first-order valence-electron chi connectivity index (χ1n) is 3.77. The molecule has 0 N–H and O–H groups in total. The summed E-state index contributed by atoms with van der Waals surface area (Å²) in [5.74, 6) is 3.60. The zero-order valence-electron chi connectivity index (χ0n) is 6.18. The van der Waals surface area contributed by atoms with Gasteiger partial charge in [-0.3, -0.25) is 0 Å². The van der Waals surface area contributed by atoms with E-state index >= 15 is 0 Å². The molecular weight excluding hydrogens is 128 g/mol. The standard InChI is InChI=1S/C8H14S/c1-6-5-9(2)8-4-3-7(6)8/h6-7H,3-5H2,1-2H3. The summed E-state index contributed by atoms with van der Waals surface area (Å²) >= 11 is 0. The summed E-state index contributed by atoms with van der Waals surface area (Å²) in [5.41, 5.74) is 0. The third-order valence-electron chi connectivity index (χ3n) is 2.76. The van der Waals surface area contributed by atoms with Gasteiger partial charge in [-0.2, -0.15) is 10.5 Å². The van der Waals surface area contributed by atoms with Gasteiger partial charge in [-0.05, 0) is 41.6 Å². The van der Waals surface area contributed by atoms with Crippen molar-refractivity contribution in [2.24, 2.45) is 11.8 Å². The van der Waals surface area contributed by atoms with E-state index in [0.29, 0.717) is 0 Å². The van der Waals surface area contributed by atoms with Crippen molar-refractivity contribution in [3.63, 3.8) is 0 Å². The first kappa shape index (κ1) is 5.96. The van der Waals surface area contributed by atoms with Gasteiger partial charge in [0.25, 0.3) is 0 Å². The molecule has 0 aromatic heterocycles. The van der Waals surface area contributed by atoms with E-state index in [-0.39, 0.29) is 0 Å². The van der Waals surface area contributed by atoms with Crippen LogP contribution in [0.1, 0.15) is 19.8 Å². The van der Waals surface area contributed by atoms with Crippen LogP contribution in [0.4, 0.5) is 0 Å². The molecule has 2 rings (SSSR count). The van der Waals surface area contributed by atoms with Gasteiger partial charge in [0.2, 0.25) is 0 Å². The Morgan fingerprint density at radius 2 is 2.33 bits per heavy atom. The highest BCUT2D eigenvalue weighted by molar-refractivity contribution is 8.15. The van der Waals surface area contributed by atoms with E-state index in [1.807, 2.05) is 4.86 Å². The van der Waals surface area contributed by atoms with E-state index in [9.17, 15) is 0 Å². The Morgan fingerprint density at radius 3 is 2.56 bits per heavy atom. The van der Waals surface area contributed by atoms with Gasteiger partial charge in [-0.15, -0.1) is 0 Å². The SMILES string of the molecule is CC1CS(C)=C2CCC21. The van der Waals surface area contributed by atoms with E-state index in [1.54, 1.807) is 0 Å². The highest BCUT2D eigenvalue weighted by atomic mass is 32.2. The zero-order chi connectivity index (χ0) is 6.43. The summed E-state index contributed by atoms with van der Waals surface area (Å²) in [4.78, 5) is 1.92. The Labute approximate surface area is 59.6 Å². The quantitative estimate of drug-likeness (QED) is 0.454. The normalized spacial score (nSPS) is 48.7. The summed E-state index contributed by atoms with van der Waals surface area (Å²) in [6, 6.07) is 0. The molecule has 1 fully saturated rings. The van der Waals surface area contributed by atoms with Crippen LogP contribution < -0.4 is 0 Å². The second kappa shape index (κ2) is 1.85. The Morgan fingerprint density at radius 1 is 1.56 bits per heavy atom. The molecule has 0 amide bonds. The summed E-state index contributed by atoms with van der Waals surface area (Å²) in [6.07, 6.45) is 5.40. The predicted molar refractivity (Wildman–Crippen MR) is 45.3 cm³/mol. The molecule has 1 aliphatic heterocycles. The van der Waals surface area contributed by atoms with E-state index in [4.69, 9.17) is 0 Å². The first-order chi connectivity index (χ1) is 4.29. The molecule has 52 valence electrons. The molecule has 0 radical (unpaired) electrons. The highest BCUT2D eigenvalue weighted by Crippen LogP contribution is 2.44. The Balaban J connectivity index is 2.24. The van der Waals surface area contributed by atoms with Gasteiger partial charge in [0, 0.05) is 0 Å². The lowest BCUT2D eigenvalue weighted by molar-refractivity contribution is 0.438. The Hall–Kier alpha value is 0.220. The molecule has 0 bridgehead atoms. The largest absolute Gasteiger partial charge is 0.189 e. The second-order valence-corrected chi connectivity index (χ2v) is 5.52. The number of hydrogen-bond donors (Lipinski definition) is 0. The van der Waals surface area contributed by atoms with Crippen molar-refractivity contribution in [3.05, 3.63) is 0 Å². The topological polar surface area (TPSA) is 0 Å². The number of hydrogen-bond acceptors (Lipinski definition) is 0. The minimum Gasteiger partial charge on any atom is -0.189 e. The van der Waals surface area contributed by atoms with Crippen molar-refractivity contribution in [2.45, 2.75) is 19.8 Å². The molecule has 0 nitrogen and oxygen atoms in total. The van der Waals surface area contributed by atoms with Crippen LogP contribution in [-0.2, 0) is 0 Å². The van der Waals surface area contributed by atoms with Gasteiger partial charge in [-0.25, -0.2) is 0 Å². The minimum absolute atomic E-state index is 0.726. The molecule has 1 heterocycles. The van der Waals surface area contributed by atoms with Gasteiger partial charge in [0.1, 0.15) is 0 Å². The van der Waals surface area contributed by atoms with Crippen molar-refractivity contribution in [1.82, 2.24) is 0 Å². The lowest BCUT2D eigenvalue weighted by Crippen LogP contribution is -2.26. The molecule has 0 saturated heterocycles. The maximum Gasteiger partial charge on any atom is -0.00884 e. The van der Waals surface area contributed by atoms with Crippen LogP contribution in [0.25, 0.3) is 0 Å². The number of rotatable bonds is 0. The van der Waals surface area contributed by atoms with Gasteiger partial charge in [-0.1, -0.05) is 6.92 Å². The average molecular weight is 142 g/mol. The molecule has 1 heteroatoms. The zero-order valence-corrected chi connectivity index (χ0v) is 7.00. The smallest absolute Gasteiger partial charge is 0.00884 e. The average Bonchev–Trinajstić information content (AvgIpc) is 1.73. The molecule has 0 aromatic rings. The third-order valence-corrected chi connectivity index (χ3v) is 5.19. The molecule has 2 aliphatic rings. The van der Waals surface area contributed by atoms with Gasteiger partial charge >= 0.3 is 0 Å². The van der Waals surface area contributed by atoms with Crippen molar-refractivity contribution < 1.29 is 0 Å².